The molecule has 3 nitrogen and oxygen atoms in total. The maximum atomic E-state index is 8.97. The van der Waals surface area contributed by atoms with Crippen molar-refractivity contribution in [3.63, 3.8) is 0 Å². The number of ether oxygens (including phenoxy) is 1. The summed E-state index contributed by atoms with van der Waals surface area (Å²) >= 11 is 0. The van der Waals surface area contributed by atoms with E-state index >= 15 is 0 Å². The highest BCUT2D eigenvalue weighted by Gasteiger charge is 2.20. The number of benzene rings is 1. The van der Waals surface area contributed by atoms with Crippen LogP contribution in [0.25, 0.3) is 0 Å². The Hall–Kier alpha value is -1.06. The molecule has 0 spiro atoms. The molecule has 1 heterocycles. The van der Waals surface area contributed by atoms with Gasteiger partial charge < -0.3 is 14.7 Å². The zero-order valence-corrected chi connectivity index (χ0v) is 11.3. The molecule has 100 valence electrons. The van der Waals surface area contributed by atoms with E-state index in [-0.39, 0.29) is 12.7 Å². The molecule has 0 bridgehead atoms. The topological polar surface area (TPSA) is 32.7 Å². The molecular formula is C15H23NO2. The third kappa shape index (κ3) is 3.24. The van der Waals surface area contributed by atoms with E-state index < -0.39 is 0 Å². The number of hydrogen-bond donors (Lipinski definition) is 1. The van der Waals surface area contributed by atoms with Crippen molar-refractivity contribution in [2.75, 3.05) is 31.2 Å². The minimum absolute atomic E-state index is 0.161. The molecule has 1 fully saturated rings. The molecule has 1 aromatic carbocycles. The van der Waals surface area contributed by atoms with E-state index in [2.05, 4.69) is 43.0 Å². The molecule has 0 aliphatic carbocycles. The molecule has 1 aromatic rings. The van der Waals surface area contributed by atoms with Crippen molar-refractivity contribution in [2.45, 2.75) is 32.3 Å². The zero-order valence-electron chi connectivity index (χ0n) is 11.3. The molecule has 3 heteroatoms. The van der Waals surface area contributed by atoms with Crippen molar-refractivity contribution in [2.24, 2.45) is 0 Å². The van der Waals surface area contributed by atoms with Gasteiger partial charge in [-0.1, -0.05) is 26.0 Å². The number of morpholine rings is 1. The molecule has 1 saturated heterocycles. The lowest BCUT2D eigenvalue weighted by Gasteiger charge is -2.34. The van der Waals surface area contributed by atoms with E-state index in [0.29, 0.717) is 5.92 Å². The minimum Gasteiger partial charge on any atom is -0.396 e. The van der Waals surface area contributed by atoms with Gasteiger partial charge >= 0.3 is 0 Å². The van der Waals surface area contributed by atoms with Gasteiger partial charge in [-0.25, -0.2) is 0 Å². The van der Waals surface area contributed by atoms with E-state index in [1.165, 1.54) is 11.3 Å². The molecular weight excluding hydrogens is 226 g/mol. The van der Waals surface area contributed by atoms with Crippen molar-refractivity contribution < 1.29 is 9.84 Å². The quantitative estimate of drug-likeness (QED) is 0.889. The van der Waals surface area contributed by atoms with Crippen molar-refractivity contribution in [1.82, 2.24) is 0 Å². The number of nitrogens with zero attached hydrogens (tertiary/aromatic N) is 1. The summed E-state index contributed by atoms with van der Waals surface area (Å²) in [6, 6.07) is 8.79. The first-order valence-corrected chi connectivity index (χ1v) is 6.78. The molecule has 0 aromatic heterocycles. The second-order valence-corrected chi connectivity index (χ2v) is 5.20. The van der Waals surface area contributed by atoms with E-state index in [4.69, 9.17) is 9.84 Å². The van der Waals surface area contributed by atoms with Crippen LogP contribution in [0, 0.1) is 0 Å². The molecule has 2 rings (SSSR count). The molecule has 18 heavy (non-hydrogen) atoms. The average Bonchev–Trinajstić information content (AvgIpc) is 2.39. The Labute approximate surface area is 109 Å². The number of hydrogen-bond acceptors (Lipinski definition) is 3. The minimum atomic E-state index is 0.161. The Morgan fingerprint density at radius 1 is 1.33 bits per heavy atom. The van der Waals surface area contributed by atoms with E-state index in [1.54, 1.807) is 0 Å². The van der Waals surface area contributed by atoms with Crippen LogP contribution in [0.3, 0.4) is 0 Å². The number of rotatable bonds is 4. The van der Waals surface area contributed by atoms with Crippen LogP contribution in [0.2, 0.25) is 0 Å². The number of anilines is 1. The predicted octanol–water partition coefficient (Wildman–Crippen LogP) is 2.40. The molecule has 0 saturated carbocycles. The van der Waals surface area contributed by atoms with Gasteiger partial charge in [0.25, 0.3) is 0 Å². The van der Waals surface area contributed by atoms with Crippen LogP contribution in [0.5, 0.6) is 0 Å². The largest absolute Gasteiger partial charge is 0.396 e. The summed E-state index contributed by atoms with van der Waals surface area (Å²) in [6.07, 6.45) is 0.883. The first-order valence-electron chi connectivity index (χ1n) is 6.78. The fourth-order valence-corrected chi connectivity index (χ4v) is 2.34. The van der Waals surface area contributed by atoms with Crippen LogP contribution in [-0.2, 0) is 4.74 Å². The first kappa shape index (κ1) is 13.4. The van der Waals surface area contributed by atoms with Gasteiger partial charge in [0.1, 0.15) is 0 Å². The number of aliphatic hydroxyl groups is 1. The van der Waals surface area contributed by atoms with Crippen LogP contribution in [-0.4, -0.2) is 37.5 Å². The Balaban J connectivity index is 2.02. The van der Waals surface area contributed by atoms with Gasteiger partial charge in [-0.2, -0.15) is 0 Å². The van der Waals surface area contributed by atoms with Gasteiger partial charge in [-0.3, -0.25) is 0 Å². The first-order chi connectivity index (χ1) is 8.70. The molecule has 0 radical (unpaired) electrons. The van der Waals surface area contributed by atoms with E-state index in [1.807, 2.05) is 0 Å². The van der Waals surface area contributed by atoms with Crippen LogP contribution in [0.1, 0.15) is 31.7 Å². The lowest BCUT2D eigenvalue weighted by Crippen LogP contribution is -2.42. The standard InChI is InChI=1S/C15H23NO2/c1-12(2)13-3-5-14(6-4-13)16-8-10-18-15(11-16)7-9-17/h3-6,12,15,17H,7-11H2,1-2H3. The van der Waals surface area contributed by atoms with Gasteiger partial charge in [0, 0.05) is 25.4 Å². The predicted molar refractivity (Wildman–Crippen MR) is 74.2 cm³/mol. The maximum absolute atomic E-state index is 8.97. The third-order valence-corrected chi connectivity index (χ3v) is 3.51. The monoisotopic (exact) mass is 249 g/mol. The molecule has 1 aliphatic heterocycles. The molecule has 1 unspecified atom stereocenters. The maximum Gasteiger partial charge on any atom is 0.0772 e. The zero-order chi connectivity index (χ0) is 13.0. The summed E-state index contributed by atoms with van der Waals surface area (Å²) in [4.78, 5) is 2.34. The summed E-state index contributed by atoms with van der Waals surface area (Å²) in [5, 5.41) is 8.97. The normalized spacial score (nSPS) is 20.4. The van der Waals surface area contributed by atoms with Crippen molar-refractivity contribution in [1.29, 1.82) is 0 Å². The van der Waals surface area contributed by atoms with Gasteiger partial charge in [-0.15, -0.1) is 0 Å². The van der Waals surface area contributed by atoms with E-state index in [0.717, 1.165) is 26.1 Å². The van der Waals surface area contributed by atoms with Crippen LogP contribution >= 0.6 is 0 Å². The van der Waals surface area contributed by atoms with Gasteiger partial charge in [0.2, 0.25) is 0 Å². The Morgan fingerprint density at radius 3 is 2.67 bits per heavy atom. The van der Waals surface area contributed by atoms with Crippen molar-refractivity contribution in [3.05, 3.63) is 29.8 Å². The molecule has 1 atom stereocenters. The van der Waals surface area contributed by atoms with Crippen molar-refractivity contribution >= 4 is 5.69 Å². The fraction of sp³-hybridized carbons (Fsp3) is 0.600. The smallest absolute Gasteiger partial charge is 0.0772 e. The van der Waals surface area contributed by atoms with Gasteiger partial charge in [-0.05, 0) is 30.0 Å². The summed E-state index contributed by atoms with van der Waals surface area (Å²) in [7, 11) is 0. The number of aliphatic hydroxyl groups excluding tert-OH is 1. The third-order valence-electron chi connectivity index (χ3n) is 3.51. The Kier molecular flexibility index (Phi) is 4.61. The second kappa shape index (κ2) is 6.21. The van der Waals surface area contributed by atoms with Crippen LogP contribution in [0.15, 0.2) is 24.3 Å². The molecule has 1 aliphatic rings. The van der Waals surface area contributed by atoms with Crippen LogP contribution < -0.4 is 4.90 Å². The lowest BCUT2D eigenvalue weighted by molar-refractivity contribution is 0.0247. The Bertz CT molecular complexity index is 359. The highest BCUT2D eigenvalue weighted by atomic mass is 16.5. The summed E-state index contributed by atoms with van der Waals surface area (Å²) in [6.45, 7) is 7.17. The highest BCUT2D eigenvalue weighted by Crippen LogP contribution is 2.22. The SMILES string of the molecule is CC(C)c1ccc(N2CCOC(CCO)C2)cc1. The van der Waals surface area contributed by atoms with Gasteiger partial charge in [0.05, 0.1) is 12.7 Å². The van der Waals surface area contributed by atoms with E-state index in [9.17, 15) is 0 Å². The lowest BCUT2D eigenvalue weighted by atomic mass is 10.0. The Morgan fingerprint density at radius 2 is 2.06 bits per heavy atom. The summed E-state index contributed by atoms with van der Waals surface area (Å²) in [5.74, 6) is 0.575. The van der Waals surface area contributed by atoms with Crippen LogP contribution in [0.4, 0.5) is 5.69 Å². The highest BCUT2D eigenvalue weighted by molar-refractivity contribution is 5.48. The fourth-order valence-electron chi connectivity index (χ4n) is 2.34. The van der Waals surface area contributed by atoms with Crippen molar-refractivity contribution in [3.8, 4) is 0 Å². The molecule has 1 N–H and O–H groups in total. The summed E-state index contributed by atoms with van der Waals surface area (Å²) < 4.78 is 5.63. The average molecular weight is 249 g/mol. The summed E-state index contributed by atoms with van der Waals surface area (Å²) in [5.41, 5.74) is 2.63. The van der Waals surface area contributed by atoms with Gasteiger partial charge in [0.15, 0.2) is 0 Å². The molecule has 0 amide bonds. The second-order valence-electron chi connectivity index (χ2n) is 5.20.